The molecule has 2 rings (SSSR count). The Hall–Kier alpha value is -7.95. The SMILES string of the molecule is NC(=O)[C@H](CCCN=C(N)N)NC(=O)[C@H](CCCN=C(N)N)NC(=O)[C@H](CCCN=C(N)N)NC(=O)[C@H](CCCN=C(N)N)NC(=O)CCC(=O)NCCCNc1nc2ncnc(N)c2[nH]1. The van der Waals surface area contributed by atoms with Crippen LogP contribution in [0.2, 0.25) is 0 Å². The Kier molecular flexibility index (Phi) is 24.2. The predicted octanol–water partition coefficient (Wildman–Crippen LogP) is -6.73. The number of rotatable bonds is 32. The van der Waals surface area contributed by atoms with Crippen LogP contribution in [0.25, 0.3) is 11.2 Å². The zero-order valence-corrected chi connectivity index (χ0v) is 36.8. The number of aromatic nitrogens is 4. The molecule has 0 bridgehead atoms. The van der Waals surface area contributed by atoms with E-state index in [-0.39, 0.29) is 127 Å². The molecule has 0 aromatic carbocycles. The van der Waals surface area contributed by atoms with Crippen LogP contribution in [0.5, 0.6) is 0 Å². The van der Waals surface area contributed by atoms with Crippen molar-refractivity contribution in [2.75, 3.05) is 50.3 Å². The number of amides is 6. The van der Waals surface area contributed by atoms with Crippen LogP contribution in [0.4, 0.5) is 11.8 Å². The number of primary amides is 1. The highest BCUT2D eigenvalue weighted by Gasteiger charge is 2.31. The van der Waals surface area contributed by atoms with Crippen LogP contribution in [0.3, 0.4) is 0 Å². The van der Waals surface area contributed by atoms with Crippen molar-refractivity contribution in [3.8, 4) is 0 Å². The van der Waals surface area contributed by atoms with Crippen molar-refractivity contribution in [2.45, 2.75) is 94.8 Å². The van der Waals surface area contributed by atoms with Crippen LogP contribution in [0, 0.1) is 0 Å². The van der Waals surface area contributed by atoms with Gasteiger partial charge in [-0.15, -0.1) is 0 Å². The number of carbonyl (C=O) groups excluding carboxylic acids is 6. The van der Waals surface area contributed by atoms with Crippen molar-refractivity contribution < 1.29 is 28.8 Å². The first-order valence-electron chi connectivity index (χ1n) is 21.0. The van der Waals surface area contributed by atoms with E-state index in [9.17, 15) is 28.8 Å². The number of nitrogens with one attached hydrogen (secondary N) is 7. The fourth-order valence-electron chi connectivity index (χ4n) is 5.96. The molecule has 0 unspecified atom stereocenters. The van der Waals surface area contributed by atoms with Crippen molar-refractivity contribution in [1.82, 2.24) is 46.5 Å². The van der Waals surface area contributed by atoms with Gasteiger partial charge in [0.05, 0.1) is 0 Å². The van der Waals surface area contributed by atoms with E-state index in [1.54, 1.807) is 0 Å². The number of aliphatic imine (C=N–C) groups is 4. The first-order chi connectivity index (χ1) is 31.4. The topological polar surface area (TPSA) is 539 Å². The van der Waals surface area contributed by atoms with Gasteiger partial charge in [-0.3, -0.25) is 48.7 Å². The highest BCUT2D eigenvalue weighted by Crippen LogP contribution is 2.15. The molecule has 0 fully saturated rings. The third kappa shape index (κ3) is 22.4. The van der Waals surface area contributed by atoms with Crippen molar-refractivity contribution in [3.63, 3.8) is 0 Å². The monoisotopic (exact) mass is 931 g/mol. The quantitative estimate of drug-likeness (QED) is 0.0184. The van der Waals surface area contributed by atoms with Crippen molar-refractivity contribution >= 4 is 82.2 Å². The maximum absolute atomic E-state index is 14.0. The lowest BCUT2D eigenvalue weighted by Gasteiger charge is -2.26. The number of nitrogens with zero attached hydrogens (tertiary/aromatic N) is 7. The van der Waals surface area contributed by atoms with Gasteiger partial charge < -0.3 is 94.2 Å². The van der Waals surface area contributed by atoms with Gasteiger partial charge in [-0.1, -0.05) is 0 Å². The minimum atomic E-state index is -1.30. The number of aromatic amines is 1. The van der Waals surface area contributed by atoms with Crippen molar-refractivity contribution in [2.24, 2.45) is 71.6 Å². The number of fused-ring (bicyclic) bond motifs is 1. The largest absolute Gasteiger partial charge is 0.382 e. The summed E-state index contributed by atoms with van der Waals surface area (Å²) in [6.45, 7) is 1.15. The summed E-state index contributed by atoms with van der Waals surface area (Å²) >= 11 is 0. The molecule has 66 heavy (non-hydrogen) atoms. The van der Waals surface area contributed by atoms with E-state index in [1.165, 1.54) is 6.33 Å². The molecule has 0 aliphatic heterocycles. The summed E-state index contributed by atoms with van der Waals surface area (Å²) in [5.74, 6) is -4.25. The Labute approximate surface area is 380 Å². The van der Waals surface area contributed by atoms with Gasteiger partial charge in [0.2, 0.25) is 41.4 Å². The van der Waals surface area contributed by atoms with Gasteiger partial charge in [0.1, 0.15) is 36.0 Å². The Morgan fingerprint density at radius 2 is 0.970 bits per heavy atom. The highest BCUT2D eigenvalue weighted by molar-refractivity contribution is 5.95. The highest BCUT2D eigenvalue weighted by atomic mass is 16.2. The van der Waals surface area contributed by atoms with Gasteiger partial charge in [0.25, 0.3) is 0 Å². The normalized spacial score (nSPS) is 12.5. The van der Waals surface area contributed by atoms with Gasteiger partial charge >= 0.3 is 0 Å². The van der Waals surface area contributed by atoms with Gasteiger partial charge in [-0.25, -0.2) is 9.97 Å². The van der Waals surface area contributed by atoms with Crippen LogP contribution >= 0.6 is 0 Å². The minimum Gasteiger partial charge on any atom is -0.382 e. The molecular formula is C36H66N24O6. The standard InChI is InChI=1S/C36H66N24O6/c37-26-25-28(54-18-53-26)60-36(59-25)52-17-5-16-47-23(61)10-11-24(62)55-20(7-2-13-49-33(41)42)29(64)57-22(9-4-15-51-35(45)46)31(66)58-21(8-3-14-50-34(43)44)30(65)56-19(27(38)63)6-1-12-48-32(39)40/h18-22H,1-17H2,(H2,38,63)(H,47,61)(H,55,62)(H,56,65)(H,57,64)(H,58,66)(H4,39,40,48)(H4,41,42,49)(H4,43,44,50)(H4,45,46,51)(H4,37,52,53,54,59,60)/t19-,20-,21-,22-/m0/s1. The number of anilines is 2. The Morgan fingerprint density at radius 3 is 1.41 bits per heavy atom. The van der Waals surface area contributed by atoms with E-state index >= 15 is 0 Å². The number of nitrogen functional groups attached to an aromatic ring is 1. The summed E-state index contributed by atoms with van der Waals surface area (Å²) in [6.07, 6.45) is 2.31. The summed E-state index contributed by atoms with van der Waals surface area (Å²) in [6, 6.07) is -4.94. The molecule has 2 aromatic rings. The molecule has 4 atom stereocenters. The van der Waals surface area contributed by atoms with E-state index in [1.807, 2.05) is 0 Å². The second kappa shape index (κ2) is 29.4. The zero-order chi connectivity index (χ0) is 49.0. The number of hydrogen-bond donors (Lipinski definition) is 17. The molecule has 6 amide bonds. The summed E-state index contributed by atoms with van der Waals surface area (Å²) in [7, 11) is 0. The number of guanidine groups is 4. The van der Waals surface area contributed by atoms with Crippen LogP contribution in [0.15, 0.2) is 26.3 Å². The molecule has 30 heteroatoms. The van der Waals surface area contributed by atoms with E-state index in [2.05, 4.69) is 71.8 Å². The Bertz CT molecular complexity index is 2020. The molecule has 30 nitrogen and oxygen atoms in total. The lowest BCUT2D eigenvalue weighted by atomic mass is 10.0. The molecule has 0 radical (unpaired) electrons. The molecule has 27 N–H and O–H groups in total. The Morgan fingerprint density at radius 1 is 0.545 bits per heavy atom. The number of nitrogens with two attached hydrogens (primary N) is 10. The van der Waals surface area contributed by atoms with Crippen LogP contribution in [0.1, 0.15) is 70.6 Å². The van der Waals surface area contributed by atoms with Crippen molar-refractivity contribution in [1.29, 1.82) is 0 Å². The summed E-state index contributed by atoms with van der Waals surface area (Å²) in [4.78, 5) is 110. The van der Waals surface area contributed by atoms with Gasteiger partial charge in [0.15, 0.2) is 35.3 Å². The molecule has 2 heterocycles. The van der Waals surface area contributed by atoms with Gasteiger partial charge in [0, 0.05) is 52.1 Å². The third-order valence-corrected chi connectivity index (χ3v) is 9.22. The fraction of sp³-hybridized carbons (Fsp3) is 0.583. The summed E-state index contributed by atoms with van der Waals surface area (Å²) in [5.41, 5.74) is 55.8. The van der Waals surface area contributed by atoms with Crippen LogP contribution in [-0.4, -0.2) is 143 Å². The Balaban J connectivity index is 2.15. The van der Waals surface area contributed by atoms with Crippen LogP contribution in [-0.2, 0) is 28.8 Å². The van der Waals surface area contributed by atoms with Crippen LogP contribution < -0.4 is 89.2 Å². The summed E-state index contributed by atoms with van der Waals surface area (Å²) < 4.78 is 0. The lowest BCUT2D eigenvalue weighted by Crippen LogP contribution is -2.58. The average Bonchev–Trinajstić information content (AvgIpc) is 3.67. The average molecular weight is 931 g/mol. The second-order valence-electron chi connectivity index (χ2n) is 14.7. The molecule has 366 valence electrons. The number of H-pyrrole nitrogens is 1. The maximum Gasteiger partial charge on any atom is 0.243 e. The van der Waals surface area contributed by atoms with E-state index in [0.29, 0.717) is 30.1 Å². The molecule has 0 aliphatic rings. The molecular weight excluding hydrogens is 865 g/mol. The van der Waals surface area contributed by atoms with Crippen molar-refractivity contribution in [3.05, 3.63) is 6.33 Å². The lowest BCUT2D eigenvalue weighted by molar-refractivity contribution is -0.134. The summed E-state index contributed by atoms with van der Waals surface area (Å²) in [5, 5.41) is 16.3. The predicted molar refractivity (Wildman–Crippen MR) is 248 cm³/mol. The smallest absolute Gasteiger partial charge is 0.243 e. The molecule has 2 aromatic heterocycles. The maximum atomic E-state index is 14.0. The van der Waals surface area contributed by atoms with Gasteiger partial charge in [-0.2, -0.15) is 4.98 Å². The first-order valence-corrected chi connectivity index (χ1v) is 21.0. The third-order valence-electron chi connectivity index (χ3n) is 9.22. The number of imidazole rings is 1. The first kappa shape index (κ1) is 54.2. The van der Waals surface area contributed by atoms with E-state index < -0.39 is 59.6 Å². The minimum absolute atomic E-state index is 0.00906. The van der Waals surface area contributed by atoms with E-state index in [0.717, 1.165) is 0 Å². The van der Waals surface area contributed by atoms with E-state index in [4.69, 9.17) is 57.3 Å². The molecule has 0 saturated heterocycles. The molecule has 0 spiro atoms. The molecule has 0 aliphatic carbocycles. The number of hydrogen-bond acceptors (Lipinski definition) is 15. The second-order valence-corrected chi connectivity index (χ2v) is 14.7. The van der Waals surface area contributed by atoms with Gasteiger partial charge in [-0.05, 0) is 57.8 Å². The number of carbonyl (C=O) groups is 6. The molecule has 0 saturated carbocycles. The zero-order valence-electron chi connectivity index (χ0n) is 36.8. The fourth-order valence-corrected chi connectivity index (χ4v) is 5.96.